The molecule has 2 aromatic rings. The lowest BCUT2D eigenvalue weighted by atomic mass is 10.1. The second-order valence-electron chi connectivity index (χ2n) is 4.34. The number of ether oxygens (including phenoxy) is 1. The minimum absolute atomic E-state index is 0.0260. The van der Waals surface area contributed by atoms with Gasteiger partial charge in [0, 0.05) is 11.1 Å². The average molecular weight is 287 g/mol. The van der Waals surface area contributed by atoms with E-state index in [2.05, 4.69) is 4.74 Å². The number of benzene rings is 1. The zero-order valence-electron chi connectivity index (χ0n) is 11.3. The van der Waals surface area contributed by atoms with E-state index in [9.17, 15) is 14.4 Å². The predicted molar refractivity (Wildman–Crippen MR) is 73.6 cm³/mol. The van der Waals surface area contributed by atoms with Gasteiger partial charge in [-0.3, -0.25) is 9.59 Å². The van der Waals surface area contributed by atoms with Crippen LogP contribution in [0.1, 0.15) is 27.8 Å². The van der Waals surface area contributed by atoms with Gasteiger partial charge in [0.1, 0.15) is 5.76 Å². The third-order valence-electron chi connectivity index (χ3n) is 2.73. The number of rotatable bonds is 5. The number of primary amides is 1. The van der Waals surface area contributed by atoms with Crippen molar-refractivity contribution in [2.75, 3.05) is 6.61 Å². The summed E-state index contributed by atoms with van der Waals surface area (Å²) in [6.07, 6.45) is 0. The third-order valence-corrected chi connectivity index (χ3v) is 2.73. The zero-order valence-corrected chi connectivity index (χ0v) is 11.3. The Morgan fingerprint density at radius 2 is 1.76 bits per heavy atom. The Morgan fingerprint density at radius 1 is 1.10 bits per heavy atom. The minimum atomic E-state index is -0.764. The monoisotopic (exact) mass is 287 g/mol. The third kappa shape index (κ3) is 3.56. The van der Waals surface area contributed by atoms with Gasteiger partial charge < -0.3 is 14.9 Å². The highest BCUT2D eigenvalue weighted by Crippen LogP contribution is 2.23. The zero-order chi connectivity index (χ0) is 15.4. The molecule has 2 rings (SSSR count). The highest BCUT2D eigenvalue weighted by Gasteiger charge is 2.14. The fraction of sp³-hybridized carbons (Fsp3) is 0.133. The van der Waals surface area contributed by atoms with Crippen LogP contribution in [0, 0.1) is 0 Å². The van der Waals surface area contributed by atoms with E-state index in [4.69, 9.17) is 10.2 Å². The van der Waals surface area contributed by atoms with Crippen molar-refractivity contribution in [3.63, 3.8) is 0 Å². The van der Waals surface area contributed by atoms with Gasteiger partial charge in [0.15, 0.2) is 12.4 Å². The SMILES string of the molecule is CC(=O)c1ccc(-c2ccc(C(=O)OCC(N)=O)o2)cc1. The molecule has 6 nitrogen and oxygen atoms in total. The molecule has 0 aliphatic rings. The molecule has 0 bridgehead atoms. The van der Waals surface area contributed by atoms with Crippen LogP contribution in [0.2, 0.25) is 0 Å². The standard InChI is InChI=1S/C15H13NO5/c1-9(17)10-2-4-11(5-3-10)12-6-7-13(21-12)15(19)20-8-14(16)18/h2-7H,8H2,1H3,(H2,16,18). The maximum atomic E-state index is 11.6. The Kier molecular flexibility index (Phi) is 4.18. The maximum Gasteiger partial charge on any atom is 0.374 e. The summed E-state index contributed by atoms with van der Waals surface area (Å²) in [5.74, 6) is -1.11. The molecule has 0 unspecified atom stereocenters. The normalized spacial score (nSPS) is 10.1. The highest BCUT2D eigenvalue weighted by atomic mass is 16.5. The minimum Gasteiger partial charge on any atom is -0.450 e. The second-order valence-corrected chi connectivity index (χ2v) is 4.34. The first-order chi connectivity index (χ1) is 9.97. The summed E-state index contributed by atoms with van der Waals surface area (Å²) in [7, 11) is 0. The molecular formula is C15H13NO5. The molecule has 0 radical (unpaired) electrons. The molecule has 0 fully saturated rings. The van der Waals surface area contributed by atoms with Crippen molar-refractivity contribution in [1.82, 2.24) is 0 Å². The summed E-state index contributed by atoms with van der Waals surface area (Å²) in [5.41, 5.74) is 6.19. The van der Waals surface area contributed by atoms with Gasteiger partial charge in [-0.05, 0) is 19.1 Å². The molecule has 6 heteroatoms. The number of ketones is 1. The van der Waals surface area contributed by atoms with Crippen molar-refractivity contribution in [2.24, 2.45) is 5.73 Å². The number of amides is 1. The molecule has 1 aromatic carbocycles. The molecular weight excluding hydrogens is 274 g/mol. The Bertz CT molecular complexity index is 684. The first kappa shape index (κ1) is 14.5. The summed E-state index contributed by atoms with van der Waals surface area (Å²) >= 11 is 0. The molecule has 0 spiro atoms. The summed E-state index contributed by atoms with van der Waals surface area (Å²) < 4.78 is 9.99. The molecule has 2 N–H and O–H groups in total. The number of hydrogen-bond donors (Lipinski definition) is 1. The van der Waals surface area contributed by atoms with Crippen LogP contribution >= 0.6 is 0 Å². The van der Waals surface area contributed by atoms with Crippen LogP contribution in [0.5, 0.6) is 0 Å². The maximum absolute atomic E-state index is 11.6. The molecule has 108 valence electrons. The Hall–Kier alpha value is -2.89. The van der Waals surface area contributed by atoms with Crippen LogP contribution in [-0.4, -0.2) is 24.3 Å². The van der Waals surface area contributed by atoms with E-state index >= 15 is 0 Å². The van der Waals surface area contributed by atoms with Gasteiger partial charge in [0.2, 0.25) is 5.76 Å². The molecule has 0 aliphatic heterocycles. The molecule has 0 saturated carbocycles. The van der Waals surface area contributed by atoms with E-state index in [1.165, 1.54) is 13.0 Å². The average Bonchev–Trinajstić information content (AvgIpc) is 2.94. The van der Waals surface area contributed by atoms with Gasteiger partial charge in [0.25, 0.3) is 5.91 Å². The Morgan fingerprint density at radius 3 is 2.33 bits per heavy atom. The van der Waals surface area contributed by atoms with Crippen LogP contribution in [0.3, 0.4) is 0 Å². The van der Waals surface area contributed by atoms with Crippen LogP contribution in [-0.2, 0) is 9.53 Å². The summed E-state index contributed by atoms with van der Waals surface area (Å²) in [5, 5.41) is 0. The number of hydrogen-bond acceptors (Lipinski definition) is 5. The van der Waals surface area contributed by atoms with E-state index < -0.39 is 18.5 Å². The number of esters is 1. The van der Waals surface area contributed by atoms with E-state index in [1.807, 2.05) is 0 Å². The van der Waals surface area contributed by atoms with Gasteiger partial charge in [-0.25, -0.2) is 4.79 Å². The van der Waals surface area contributed by atoms with Gasteiger partial charge in [0.05, 0.1) is 0 Å². The highest BCUT2D eigenvalue weighted by molar-refractivity contribution is 5.94. The lowest BCUT2D eigenvalue weighted by molar-refractivity contribution is -0.121. The van der Waals surface area contributed by atoms with E-state index in [0.717, 1.165) is 0 Å². The molecule has 1 amide bonds. The summed E-state index contributed by atoms with van der Waals surface area (Å²) in [6.45, 7) is 0.983. The fourth-order valence-electron chi connectivity index (χ4n) is 1.68. The largest absolute Gasteiger partial charge is 0.450 e. The second kappa shape index (κ2) is 6.04. The van der Waals surface area contributed by atoms with Crippen molar-refractivity contribution in [3.8, 4) is 11.3 Å². The van der Waals surface area contributed by atoms with Crippen molar-refractivity contribution < 1.29 is 23.5 Å². The van der Waals surface area contributed by atoms with Gasteiger partial charge >= 0.3 is 5.97 Å². The number of furan rings is 1. The van der Waals surface area contributed by atoms with Crippen molar-refractivity contribution in [2.45, 2.75) is 6.92 Å². The molecule has 1 heterocycles. The van der Waals surface area contributed by atoms with Gasteiger partial charge in [-0.2, -0.15) is 0 Å². The van der Waals surface area contributed by atoms with Crippen molar-refractivity contribution in [1.29, 1.82) is 0 Å². The fourth-order valence-corrected chi connectivity index (χ4v) is 1.68. The topological polar surface area (TPSA) is 99.6 Å². The lowest BCUT2D eigenvalue weighted by Crippen LogP contribution is -2.20. The number of carbonyl (C=O) groups excluding carboxylic acids is 3. The van der Waals surface area contributed by atoms with Crippen LogP contribution in [0.15, 0.2) is 40.8 Å². The number of carbonyl (C=O) groups is 3. The first-order valence-electron chi connectivity index (χ1n) is 6.14. The molecule has 21 heavy (non-hydrogen) atoms. The van der Waals surface area contributed by atoms with E-state index in [-0.39, 0.29) is 11.5 Å². The number of Topliss-reactive ketones (excluding diaryl/α,β-unsaturated/α-hetero) is 1. The molecule has 0 atom stereocenters. The van der Waals surface area contributed by atoms with Crippen LogP contribution in [0.25, 0.3) is 11.3 Å². The molecule has 0 aliphatic carbocycles. The summed E-state index contributed by atoms with van der Waals surface area (Å²) in [4.78, 5) is 33.3. The summed E-state index contributed by atoms with van der Waals surface area (Å²) in [6, 6.07) is 9.82. The predicted octanol–water partition coefficient (Wildman–Crippen LogP) is 1.79. The smallest absolute Gasteiger partial charge is 0.374 e. The van der Waals surface area contributed by atoms with Crippen molar-refractivity contribution >= 4 is 17.7 Å². The molecule has 1 aromatic heterocycles. The van der Waals surface area contributed by atoms with Crippen LogP contribution < -0.4 is 5.73 Å². The van der Waals surface area contributed by atoms with Crippen LogP contribution in [0.4, 0.5) is 0 Å². The molecule has 0 saturated heterocycles. The van der Waals surface area contributed by atoms with Gasteiger partial charge in [-0.1, -0.05) is 24.3 Å². The van der Waals surface area contributed by atoms with Gasteiger partial charge in [-0.15, -0.1) is 0 Å². The quantitative estimate of drug-likeness (QED) is 0.667. The van der Waals surface area contributed by atoms with Crippen molar-refractivity contribution in [3.05, 3.63) is 47.7 Å². The Labute approximate surface area is 120 Å². The first-order valence-corrected chi connectivity index (χ1v) is 6.14. The lowest BCUT2D eigenvalue weighted by Gasteiger charge is -2.00. The van der Waals surface area contributed by atoms with E-state index in [1.54, 1.807) is 30.3 Å². The number of nitrogens with two attached hydrogens (primary N) is 1. The Balaban J connectivity index is 2.13. The van der Waals surface area contributed by atoms with E-state index in [0.29, 0.717) is 16.9 Å².